The van der Waals surface area contributed by atoms with Crippen molar-refractivity contribution in [3.8, 4) is 11.3 Å². The molecule has 3 aromatic rings. The first kappa shape index (κ1) is 20.9. The molecule has 11 heteroatoms. The number of benzene rings is 2. The molecule has 0 bridgehead atoms. The number of hydrazone groups is 1. The van der Waals surface area contributed by atoms with Crippen molar-refractivity contribution in [3.05, 3.63) is 75.2 Å². The Bertz CT molecular complexity index is 1160. The lowest BCUT2D eigenvalue weighted by Crippen LogP contribution is -2.55. The van der Waals surface area contributed by atoms with Gasteiger partial charge < -0.3 is 5.11 Å². The number of aliphatic hydroxyl groups is 1. The van der Waals surface area contributed by atoms with E-state index in [0.717, 1.165) is 16.9 Å². The standard InChI is InChI=1S/C20H15F3N4O3S/c1-12-2-4-13(5-3-12)16-10-19(28,20(21,22)23)26(25-16)18-24-17(11-31-18)14-6-8-15(9-7-14)27(29)30/h2-9,11,28H,10H2,1H3/t19-/m0/s1. The van der Waals surface area contributed by atoms with Crippen LogP contribution < -0.4 is 5.01 Å². The van der Waals surface area contributed by atoms with Crippen molar-refractivity contribution in [1.29, 1.82) is 0 Å². The third-order valence-corrected chi connectivity index (χ3v) is 5.69. The molecule has 0 saturated heterocycles. The zero-order valence-corrected chi connectivity index (χ0v) is 16.8. The molecule has 0 saturated carbocycles. The summed E-state index contributed by atoms with van der Waals surface area (Å²) in [5.74, 6) is 0. The molecule has 4 rings (SSSR count). The molecule has 1 atom stereocenters. The molecule has 2 aromatic carbocycles. The second kappa shape index (κ2) is 7.43. The zero-order valence-electron chi connectivity index (χ0n) is 16.0. The molecule has 1 aliphatic rings. The first-order chi connectivity index (χ1) is 14.6. The number of aryl methyl sites for hydroxylation is 1. The minimum Gasteiger partial charge on any atom is -0.362 e. The van der Waals surface area contributed by atoms with E-state index in [4.69, 9.17) is 0 Å². The first-order valence-corrected chi connectivity index (χ1v) is 9.91. The lowest BCUT2D eigenvalue weighted by Gasteiger charge is -2.32. The van der Waals surface area contributed by atoms with Crippen LogP contribution in [0.4, 0.5) is 24.0 Å². The maximum Gasteiger partial charge on any atom is 0.438 e. The molecular formula is C20H15F3N4O3S. The number of alkyl halides is 3. The third-order valence-electron chi connectivity index (χ3n) is 4.87. The fourth-order valence-electron chi connectivity index (χ4n) is 3.12. The summed E-state index contributed by atoms with van der Waals surface area (Å²) in [5, 5.41) is 27.3. The molecule has 0 unspecified atom stereocenters. The number of hydrogen-bond donors (Lipinski definition) is 1. The number of thiazole rings is 1. The second-order valence-corrected chi connectivity index (χ2v) is 7.87. The van der Waals surface area contributed by atoms with Gasteiger partial charge in [0.25, 0.3) is 11.4 Å². The molecule has 0 spiro atoms. The van der Waals surface area contributed by atoms with Crippen LogP contribution in [0.1, 0.15) is 17.5 Å². The Hall–Kier alpha value is -3.31. The molecule has 7 nitrogen and oxygen atoms in total. The number of hydrogen-bond acceptors (Lipinski definition) is 7. The molecule has 1 aromatic heterocycles. The summed E-state index contributed by atoms with van der Waals surface area (Å²) in [6, 6.07) is 12.3. The summed E-state index contributed by atoms with van der Waals surface area (Å²) in [6.07, 6.45) is -5.73. The molecule has 0 aliphatic carbocycles. The average molecular weight is 448 g/mol. The van der Waals surface area contributed by atoms with Crippen molar-refractivity contribution in [2.75, 3.05) is 5.01 Å². The minimum atomic E-state index is -4.98. The van der Waals surface area contributed by atoms with Gasteiger partial charge in [-0.1, -0.05) is 29.8 Å². The maximum absolute atomic E-state index is 13.8. The van der Waals surface area contributed by atoms with E-state index in [1.165, 1.54) is 29.6 Å². The fourth-order valence-corrected chi connectivity index (χ4v) is 3.97. The van der Waals surface area contributed by atoms with Gasteiger partial charge in [0.2, 0.25) is 5.13 Å². The number of halogens is 3. The Morgan fingerprint density at radius 2 is 1.74 bits per heavy atom. The smallest absolute Gasteiger partial charge is 0.362 e. The lowest BCUT2D eigenvalue weighted by molar-refractivity contribution is -0.384. The Morgan fingerprint density at radius 1 is 1.13 bits per heavy atom. The predicted octanol–water partition coefficient (Wildman–Crippen LogP) is 4.89. The number of anilines is 1. The van der Waals surface area contributed by atoms with E-state index in [1.54, 1.807) is 24.3 Å². The number of nitrogens with zero attached hydrogens (tertiary/aromatic N) is 4. The highest BCUT2D eigenvalue weighted by Crippen LogP contribution is 2.45. The van der Waals surface area contributed by atoms with Gasteiger partial charge >= 0.3 is 6.18 Å². The SMILES string of the molecule is Cc1ccc(C2=NN(c3nc(-c4ccc([N+](=O)[O-])cc4)cs3)[C@@](O)(C(F)(F)F)C2)cc1. The van der Waals surface area contributed by atoms with E-state index in [0.29, 0.717) is 21.8 Å². The van der Waals surface area contributed by atoms with Crippen LogP contribution in [0.2, 0.25) is 0 Å². The number of rotatable bonds is 4. The Morgan fingerprint density at radius 3 is 2.32 bits per heavy atom. The first-order valence-electron chi connectivity index (χ1n) is 9.03. The normalized spacial score (nSPS) is 18.9. The second-order valence-electron chi connectivity index (χ2n) is 7.03. The van der Waals surface area contributed by atoms with Crippen LogP contribution in [0.3, 0.4) is 0 Å². The highest BCUT2D eigenvalue weighted by molar-refractivity contribution is 7.14. The van der Waals surface area contributed by atoms with Gasteiger partial charge in [-0.25, -0.2) is 4.98 Å². The predicted molar refractivity (Wildman–Crippen MR) is 110 cm³/mol. The summed E-state index contributed by atoms with van der Waals surface area (Å²) in [7, 11) is 0. The van der Waals surface area contributed by atoms with E-state index in [9.17, 15) is 28.4 Å². The van der Waals surface area contributed by atoms with E-state index < -0.39 is 23.2 Å². The quantitative estimate of drug-likeness (QED) is 0.453. The molecule has 2 heterocycles. The average Bonchev–Trinajstić information content (AvgIpc) is 3.33. The summed E-state index contributed by atoms with van der Waals surface area (Å²) in [5.41, 5.74) is -1.04. The maximum atomic E-state index is 13.8. The molecule has 0 amide bonds. The molecule has 1 aliphatic heterocycles. The van der Waals surface area contributed by atoms with Gasteiger partial charge in [0, 0.05) is 23.1 Å². The van der Waals surface area contributed by atoms with Crippen LogP contribution in [0.5, 0.6) is 0 Å². The van der Waals surface area contributed by atoms with Gasteiger partial charge in [-0.15, -0.1) is 11.3 Å². The molecule has 0 radical (unpaired) electrons. The van der Waals surface area contributed by atoms with Crippen molar-refractivity contribution in [2.45, 2.75) is 25.2 Å². The molecule has 160 valence electrons. The highest BCUT2D eigenvalue weighted by atomic mass is 32.1. The van der Waals surface area contributed by atoms with Crippen molar-refractivity contribution in [3.63, 3.8) is 0 Å². The van der Waals surface area contributed by atoms with Gasteiger partial charge in [0.1, 0.15) is 0 Å². The van der Waals surface area contributed by atoms with Gasteiger partial charge in [-0.2, -0.15) is 23.3 Å². The molecule has 0 fully saturated rings. The van der Waals surface area contributed by atoms with Crippen LogP contribution in [0.25, 0.3) is 11.3 Å². The van der Waals surface area contributed by atoms with Crippen molar-refractivity contribution in [1.82, 2.24) is 4.98 Å². The molecular weight excluding hydrogens is 433 g/mol. The monoisotopic (exact) mass is 448 g/mol. The van der Waals surface area contributed by atoms with E-state index in [-0.39, 0.29) is 16.5 Å². The van der Waals surface area contributed by atoms with E-state index in [2.05, 4.69) is 10.1 Å². The van der Waals surface area contributed by atoms with Crippen LogP contribution in [0, 0.1) is 17.0 Å². The van der Waals surface area contributed by atoms with Crippen molar-refractivity contribution in [2.24, 2.45) is 5.10 Å². The molecule has 31 heavy (non-hydrogen) atoms. The van der Waals surface area contributed by atoms with Crippen molar-refractivity contribution < 1.29 is 23.2 Å². The van der Waals surface area contributed by atoms with Crippen molar-refractivity contribution >= 4 is 27.9 Å². The Kier molecular flexibility index (Phi) is 5.02. The third kappa shape index (κ3) is 3.77. The molecule has 1 N–H and O–H groups in total. The largest absolute Gasteiger partial charge is 0.438 e. The summed E-state index contributed by atoms with van der Waals surface area (Å²) in [4.78, 5) is 14.4. The summed E-state index contributed by atoms with van der Waals surface area (Å²) < 4.78 is 41.5. The van der Waals surface area contributed by atoms with Gasteiger partial charge in [-0.3, -0.25) is 10.1 Å². The number of nitro benzene ring substituents is 1. The van der Waals surface area contributed by atoms with Gasteiger partial charge in [0.15, 0.2) is 0 Å². The van der Waals surface area contributed by atoms with Crippen LogP contribution >= 0.6 is 11.3 Å². The number of aromatic nitrogens is 1. The summed E-state index contributed by atoms with van der Waals surface area (Å²) in [6.45, 7) is 1.86. The summed E-state index contributed by atoms with van der Waals surface area (Å²) >= 11 is 0.884. The Balaban J connectivity index is 1.71. The van der Waals surface area contributed by atoms with Gasteiger partial charge in [-0.05, 0) is 24.6 Å². The lowest BCUT2D eigenvalue weighted by atomic mass is 10.0. The highest BCUT2D eigenvalue weighted by Gasteiger charge is 2.62. The zero-order chi connectivity index (χ0) is 22.4. The van der Waals surface area contributed by atoms with E-state index in [1.807, 2.05) is 6.92 Å². The van der Waals surface area contributed by atoms with Crippen LogP contribution in [-0.2, 0) is 0 Å². The fraction of sp³-hybridized carbons (Fsp3) is 0.200. The van der Waals surface area contributed by atoms with Gasteiger partial charge in [0.05, 0.1) is 22.7 Å². The minimum absolute atomic E-state index is 0.0897. The number of nitro groups is 1. The number of non-ortho nitro benzene ring substituents is 1. The Labute approximate surface area is 178 Å². The van der Waals surface area contributed by atoms with Crippen LogP contribution in [-0.4, -0.2) is 32.6 Å². The van der Waals surface area contributed by atoms with E-state index >= 15 is 0 Å². The van der Waals surface area contributed by atoms with Crippen LogP contribution in [0.15, 0.2) is 59.0 Å². The topological polar surface area (TPSA) is 91.9 Å².